The molecule has 2 aromatic carbocycles. The van der Waals surface area contributed by atoms with Gasteiger partial charge >= 0.3 is 6.18 Å². The number of carbonyl (C=O) groups is 1. The number of carbonyl (C=O) groups excluding carboxylic acids is 1. The summed E-state index contributed by atoms with van der Waals surface area (Å²) in [6.45, 7) is 1.88. The van der Waals surface area contributed by atoms with Crippen LogP contribution in [0.3, 0.4) is 0 Å². The number of benzene rings is 2. The summed E-state index contributed by atoms with van der Waals surface area (Å²) in [5.41, 5.74) is -1.15. The third kappa shape index (κ3) is 4.21. The Labute approximate surface area is 174 Å². The fourth-order valence-electron chi connectivity index (χ4n) is 3.62. The van der Waals surface area contributed by atoms with Gasteiger partial charge in [-0.25, -0.2) is 0 Å². The van der Waals surface area contributed by atoms with Crippen molar-refractivity contribution >= 4 is 17.3 Å². The summed E-state index contributed by atoms with van der Waals surface area (Å²) in [5, 5.41) is 11.3. The number of anilines is 1. The van der Waals surface area contributed by atoms with Crippen LogP contribution in [-0.4, -0.2) is 55.1 Å². The number of amides is 1. The number of halogens is 3. The Balaban J connectivity index is 1.47. The molecule has 0 saturated carbocycles. The molecule has 0 aromatic heterocycles. The maximum atomic E-state index is 12.9. The third-order valence-corrected chi connectivity index (χ3v) is 5.20. The van der Waals surface area contributed by atoms with E-state index in [1.54, 1.807) is 28.0 Å². The van der Waals surface area contributed by atoms with Gasteiger partial charge in [0.15, 0.2) is 11.5 Å². The van der Waals surface area contributed by atoms with Crippen molar-refractivity contribution < 1.29 is 32.4 Å². The van der Waals surface area contributed by atoms with Crippen molar-refractivity contribution in [3.8, 4) is 11.5 Å². The predicted molar refractivity (Wildman–Crippen MR) is 104 cm³/mol. The second kappa shape index (κ2) is 7.97. The Morgan fingerprint density at radius 3 is 2.29 bits per heavy atom. The van der Waals surface area contributed by atoms with Gasteiger partial charge in [0.1, 0.15) is 18.9 Å². The molecule has 2 heterocycles. The monoisotopic (exact) mass is 437 g/mol. The third-order valence-electron chi connectivity index (χ3n) is 5.20. The van der Waals surface area contributed by atoms with Gasteiger partial charge in [-0.1, -0.05) is 0 Å². The number of nitro benzene ring substituents is 1. The fourth-order valence-corrected chi connectivity index (χ4v) is 3.62. The Morgan fingerprint density at radius 2 is 1.65 bits per heavy atom. The molecule has 2 aromatic rings. The summed E-state index contributed by atoms with van der Waals surface area (Å²) in [4.78, 5) is 26.6. The summed E-state index contributed by atoms with van der Waals surface area (Å²) in [7, 11) is 0. The van der Waals surface area contributed by atoms with Crippen molar-refractivity contribution in [3.05, 3.63) is 57.6 Å². The van der Waals surface area contributed by atoms with E-state index in [0.717, 1.165) is 12.1 Å². The number of fused-ring (bicyclic) bond motifs is 1. The molecule has 0 bridgehead atoms. The highest BCUT2D eigenvalue weighted by molar-refractivity contribution is 5.95. The first-order chi connectivity index (χ1) is 14.7. The summed E-state index contributed by atoms with van der Waals surface area (Å²) >= 11 is 0. The van der Waals surface area contributed by atoms with Gasteiger partial charge in [0.25, 0.3) is 11.6 Å². The zero-order valence-corrected chi connectivity index (χ0v) is 16.2. The molecule has 0 radical (unpaired) electrons. The number of nitrogens with zero attached hydrogens (tertiary/aromatic N) is 3. The van der Waals surface area contributed by atoms with Crippen LogP contribution >= 0.6 is 0 Å². The van der Waals surface area contributed by atoms with Crippen LogP contribution in [0, 0.1) is 10.1 Å². The van der Waals surface area contributed by atoms with E-state index >= 15 is 0 Å². The molecule has 0 spiro atoms. The van der Waals surface area contributed by atoms with Crippen molar-refractivity contribution in [1.29, 1.82) is 0 Å². The summed E-state index contributed by atoms with van der Waals surface area (Å²) < 4.78 is 49.7. The molecular weight excluding hydrogens is 419 g/mol. The molecule has 164 valence electrons. The highest BCUT2D eigenvalue weighted by Gasteiger charge is 2.34. The number of rotatable bonds is 3. The number of hydrogen-bond donors (Lipinski definition) is 0. The Morgan fingerprint density at radius 1 is 0.968 bits per heavy atom. The van der Waals surface area contributed by atoms with E-state index < -0.39 is 22.4 Å². The molecule has 0 atom stereocenters. The van der Waals surface area contributed by atoms with Gasteiger partial charge < -0.3 is 19.3 Å². The van der Waals surface area contributed by atoms with E-state index in [1.165, 1.54) is 0 Å². The van der Waals surface area contributed by atoms with Gasteiger partial charge in [-0.15, -0.1) is 0 Å². The van der Waals surface area contributed by atoms with Gasteiger partial charge in [0.2, 0.25) is 0 Å². The van der Waals surface area contributed by atoms with E-state index in [-0.39, 0.29) is 37.8 Å². The quantitative estimate of drug-likeness (QED) is 0.541. The number of nitro groups is 1. The van der Waals surface area contributed by atoms with Gasteiger partial charge in [-0.3, -0.25) is 14.9 Å². The molecule has 1 fully saturated rings. The fraction of sp³-hybridized carbons (Fsp3) is 0.350. The zero-order valence-electron chi connectivity index (χ0n) is 16.2. The number of alkyl halides is 3. The van der Waals surface area contributed by atoms with Crippen LogP contribution in [-0.2, 0) is 6.18 Å². The van der Waals surface area contributed by atoms with E-state index in [0.29, 0.717) is 36.3 Å². The lowest BCUT2D eigenvalue weighted by Crippen LogP contribution is -2.49. The molecule has 31 heavy (non-hydrogen) atoms. The maximum Gasteiger partial charge on any atom is 0.416 e. The van der Waals surface area contributed by atoms with Crippen LogP contribution in [0.4, 0.5) is 24.5 Å². The molecule has 1 saturated heterocycles. The van der Waals surface area contributed by atoms with E-state index in [1.807, 2.05) is 0 Å². The maximum absolute atomic E-state index is 12.9. The normalized spacial score (nSPS) is 16.2. The van der Waals surface area contributed by atoms with E-state index in [2.05, 4.69) is 0 Å². The van der Waals surface area contributed by atoms with Crippen molar-refractivity contribution in [2.45, 2.75) is 6.18 Å². The highest BCUT2D eigenvalue weighted by Crippen LogP contribution is 2.37. The van der Waals surface area contributed by atoms with Crippen molar-refractivity contribution in [2.75, 3.05) is 44.3 Å². The van der Waals surface area contributed by atoms with Gasteiger partial charge in [0, 0.05) is 37.8 Å². The second-order valence-electron chi connectivity index (χ2n) is 7.10. The molecule has 0 unspecified atom stereocenters. The minimum Gasteiger partial charge on any atom is -0.486 e. The van der Waals surface area contributed by atoms with Crippen LogP contribution in [0.25, 0.3) is 0 Å². The van der Waals surface area contributed by atoms with Crippen LogP contribution in [0.1, 0.15) is 15.9 Å². The van der Waals surface area contributed by atoms with Gasteiger partial charge in [0.05, 0.1) is 10.5 Å². The first kappa shape index (κ1) is 20.8. The molecule has 2 aliphatic heterocycles. The Kier molecular flexibility index (Phi) is 5.34. The number of piperazine rings is 1. The lowest BCUT2D eigenvalue weighted by atomic mass is 10.1. The first-order valence-electron chi connectivity index (χ1n) is 9.53. The molecule has 4 rings (SSSR count). The first-order valence-corrected chi connectivity index (χ1v) is 9.53. The lowest BCUT2D eigenvalue weighted by molar-refractivity contribution is -0.384. The molecular formula is C20H18F3N3O5. The molecule has 1 amide bonds. The van der Waals surface area contributed by atoms with Crippen LogP contribution in [0.5, 0.6) is 11.5 Å². The average Bonchev–Trinajstić information content (AvgIpc) is 2.77. The average molecular weight is 437 g/mol. The minimum absolute atomic E-state index is 0.101. The molecule has 0 aliphatic carbocycles. The molecule has 8 nitrogen and oxygen atoms in total. The molecule has 0 N–H and O–H groups in total. The predicted octanol–water partition coefficient (Wildman–Crippen LogP) is 3.35. The van der Waals surface area contributed by atoms with Crippen LogP contribution in [0.2, 0.25) is 0 Å². The van der Waals surface area contributed by atoms with Crippen LogP contribution in [0.15, 0.2) is 36.4 Å². The smallest absolute Gasteiger partial charge is 0.416 e. The van der Waals surface area contributed by atoms with Crippen molar-refractivity contribution in [1.82, 2.24) is 4.90 Å². The standard InChI is InChI=1S/C20H18F3N3O5/c21-20(22,23)14-2-3-15(16(12-14)26(28)29)24-5-7-25(8-6-24)19(27)13-1-4-17-18(11-13)31-10-9-30-17/h1-4,11-12H,5-10H2. The van der Waals surface area contributed by atoms with Gasteiger partial charge in [-0.05, 0) is 30.3 Å². The number of ether oxygens (including phenoxy) is 2. The molecule has 2 aliphatic rings. The zero-order chi connectivity index (χ0) is 22.2. The van der Waals surface area contributed by atoms with Crippen molar-refractivity contribution in [2.24, 2.45) is 0 Å². The summed E-state index contributed by atoms with van der Waals surface area (Å²) in [6, 6.07) is 7.41. The Bertz CT molecular complexity index is 1020. The van der Waals surface area contributed by atoms with Crippen LogP contribution < -0.4 is 14.4 Å². The van der Waals surface area contributed by atoms with E-state index in [9.17, 15) is 28.1 Å². The summed E-state index contributed by atoms with van der Waals surface area (Å²) in [5.74, 6) is 0.844. The lowest BCUT2D eigenvalue weighted by Gasteiger charge is -2.36. The van der Waals surface area contributed by atoms with E-state index in [4.69, 9.17) is 9.47 Å². The molecule has 11 heteroatoms. The second-order valence-corrected chi connectivity index (χ2v) is 7.10. The number of hydrogen-bond acceptors (Lipinski definition) is 6. The van der Waals surface area contributed by atoms with Gasteiger partial charge in [-0.2, -0.15) is 13.2 Å². The topological polar surface area (TPSA) is 85.2 Å². The Hall–Kier alpha value is -3.50. The van der Waals surface area contributed by atoms with Crippen molar-refractivity contribution in [3.63, 3.8) is 0 Å². The highest BCUT2D eigenvalue weighted by atomic mass is 19.4. The minimum atomic E-state index is -4.67. The summed E-state index contributed by atoms with van der Waals surface area (Å²) in [6.07, 6.45) is -4.67. The SMILES string of the molecule is O=C(c1ccc2c(c1)OCCO2)N1CCN(c2ccc(C(F)(F)F)cc2[N+](=O)[O-])CC1. The largest absolute Gasteiger partial charge is 0.486 e.